The number of aromatic hydroxyl groups is 1. The molecule has 0 saturated carbocycles. The molecule has 10 heteroatoms. The number of phenolic OH excluding ortho intramolecular Hbond substituents is 1. The first kappa shape index (κ1) is 19.9. The SMILES string of the molecule is COc1ccc(S(=O)(=O)N/N=C/c2cc(Br)cc(OC)c2O)cc1OC. The molecule has 0 aromatic heterocycles. The highest BCUT2D eigenvalue weighted by Gasteiger charge is 2.16. The van der Waals surface area contributed by atoms with Crippen LogP contribution in [0.2, 0.25) is 0 Å². The first-order chi connectivity index (χ1) is 12.3. The molecule has 2 N–H and O–H groups in total. The van der Waals surface area contributed by atoms with Crippen molar-refractivity contribution in [3.05, 3.63) is 40.4 Å². The Morgan fingerprint density at radius 2 is 1.69 bits per heavy atom. The third kappa shape index (κ3) is 4.38. The average molecular weight is 445 g/mol. The number of rotatable bonds is 7. The zero-order chi connectivity index (χ0) is 19.3. The van der Waals surface area contributed by atoms with Crippen LogP contribution in [0.1, 0.15) is 5.56 Å². The lowest BCUT2D eigenvalue weighted by atomic mass is 10.2. The summed E-state index contributed by atoms with van der Waals surface area (Å²) in [5.41, 5.74) is 0.270. The molecule has 0 radical (unpaired) electrons. The lowest BCUT2D eigenvalue weighted by Gasteiger charge is -2.10. The molecule has 0 fully saturated rings. The molecule has 0 amide bonds. The summed E-state index contributed by atoms with van der Waals surface area (Å²) < 4.78 is 40.5. The highest BCUT2D eigenvalue weighted by atomic mass is 79.9. The van der Waals surface area contributed by atoms with E-state index in [1.165, 1.54) is 45.7 Å². The van der Waals surface area contributed by atoms with Gasteiger partial charge in [0.2, 0.25) is 0 Å². The van der Waals surface area contributed by atoms with Gasteiger partial charge in [0, 0.05) is 16.1 Å². The number of phenols is 1. The number of sulfonamides is 1. The molecule has 0 unspecified atom stereocenters. The zero-order valence-electron chi connectivity index (χ0n) is 14.2. The Kier molecular flexibility index (Phi) is 6.32. The maximum absolute atomic E-state index is 12.3. The summed E-state index contributed by atoms with van der Waals surface area (Å²) in [6, 6.07) is 7.28. The number of methoxy groups -OCH3 is 3. The summed E-state index contributed by atoms with van der Waals surface area (Å²) in [7, 11) is 0.328. The van der Waals surface area contributed by atoms with Gasteiger partial charge < -0.3 is 19.3 Å². The van der Waals surface area contributed by atoms with Gasteiger partial charge in [-0.25, -0.2) is 4.83 Å². The van der Waals surface area contributed by atoms with Crippen molar-refractivity contribution < 1.29 is 27.7 Å². The zero-order valence-corrected chi connectivity index (χ0v) is 16.6. The normalized spacial score (nSPS) is 11.4. The van der Waals surface area contributed by atoms with E-state index in [-0.39, 0.29) is 27.7 Å². The van der Waals surface area contributed by atoms with Crippen LogP contribution in [0.4, 0.5) is 0 Å². The van der Waals surface area contributed by atoms with Gasteiger partial charge in [0.1, 0.15) is 0 Å². The fourth-order valence-electron chi connectivity index (χ4n) is 2.05. The van der Waals surface area contributed by atoms with E-state index in [2.05, 4.69) is 25.9 Å². The summed E-state index contributed by atoms with van der Waals surface area (Å²) >= 11 is 3.27. The van der Waals surface area contributed by atoms with Crippen LogP contribution < -0.4 is 19.0 Å². The predicted molar refractivity (Wildman–Crippen MR) is 99.8 cm³/mol. The molecular weight excluding hydrogens is 428 g/mol. The van der Waals surface area contributed by atoms with Crippen LogP contribution in [0.5, 0.6) is 23.0 Å². The molecule has 0 aliphatic carbocycles. The first-order valence-corrected chi connectivity index (χ1v) is 9.43. The second-order valence-electron chi connectivity index (χ2n) is 4.92. The molecule has 2 aromatic carbocycles. The van der Waals surface area contributed by atoms with E-state index in [0.29, 0.717) is 10.2 Å². The van der Waals surface area contributed by atoms with E-state index in [9.17, 15) is 13.5 Å². The Bertz CT molecular complexity index is 931. The topological polar surface area (TPSA) is 106 Å². The van der Waals surface area contributed by atoms with Crippen molar-refractivity contribution in [3.63, 3.8) is 0 Å². The summed E-state index contributed by atoms with van der Waals surface area (Å²) in [5, 5.41) is 13.7. The number of halogens is 1. The number of benzene rings is 2. The van der Waals surface area contributed by atoms with Gasteiger partial charge in [-0.2, -0.15) is 13.5 Å². The largest absolute Gasteiger partial charge is 0.504 e. The summed E-state index contributed by atoms with van der Waals surface area (Å²) in [5.74, 6) is 0.739. The molecule has 8 nitrogen and oxygen atoms in total. The van der Waals surface area contributed by atoms with Crippen molar-refractivity contribution in [1.29, 1.82) is 0 Å². The second kappa shape index (κ2) is 8.28. The van der Waals surface area contributed by atoms with Crippen molar-refractivity contribution in [1.82, 2.24) is 4.83 Å². The van der Waals surface area contributed by atoms with Gasteiger partial charge in [-0.1, -0.05) is 15.9 Å². The Morgan fingerprint density at radius 3 is 2.31 bits per heavy atom. The monoisotopic (exact) mass is 444 g/mol. The molecule has 0 aliphatic rings. The van der Waals surface area contributed by atoms with Crippen LogP contribution >= 0.6 is 15.9 Å². The molecule has 0 aliphatic heterocycles. The molecule has 0 saturated heterocycles. The number of hydrogen-bond acceptors (Lipinski definition) is 7. The van der Waals surface area contributed by atoms with Crippen LogP contribution in [-0.2, 0) is 10.0 Å². The number of nitrogens with one attached hydrogen (secondary N) is 1. The standard InChI is InChI=1S/C16H17BrN2O6S/c1-23-13-5-4-12(8-14(13)24-2)26(21,22)19-18-9-10-6-11(17)7-15(25-3)16(10)20/h4-9,19-20H,1-3H3/b18-9+. The van der Waals surface area contributed by atoms with E-state index < -0.39 is 10.0 Å². The third-order valence-electron chi connectivity index (χ3n) is 3.33. The minimum atomic E-state index is -3.93. The highest BCUT2D eigenvalue weighted by Crippen LogP contribution is 2.32. The van der Waals surface area contributed by atoms with Gasteiger partial charge in [0.25, 0.3) is 10.0 Å². The molecule has 140 valence electrons. The van der Waals surface area contributed by atoms with Gasteiger partial charge in [-0.05, 0) is 24.3 Å². The molecule has 0 bridgehead atoms. The number of nitrogens with zero attached hydrogens (tertiary/aromatic N) is 1. The van der Waals surface area contributed by atoms with E-state index in [1.54, 1.807) is 12.1 Å². The van der Waals surface area contributed by atoms with E-state index in [0.717, 1.165) is 0 Å². The van der Waals surface area contributed by atoms with Gasteiger partial charge in [0.05, 0.1) is 32.4 Å². The van der Waals surface area contributed by atoms with E-state index in [1.807, 2.05) is 0 Å². The maximum atomic E-state index is 12.3. The van der Waals surface area contributed by atoms with Crippen molar-refractivity contribution in [2.24, 2.45) is 5.10 Å². The molecule has 0 spiro atoms. The number of hydrazone groups is 1. The fraction of sp³-hybridized carbons (Fsp3) is 0.188. The van der Waals surface area contributed by atoms with Crippen molar-refractivity contribution >= 4 is 32.2 Å². The van der Waals surface area contributed by atoms with Crippen molar-refractivity contribution in [2.75, 3.05) is 21.3 Å². The minimum Gasteiger partial charge on any atom is -0.504 e. The van der Waals surface area contributed by atoms with Gasteiger partial charge in [0.15, 0.2) is 23.0 Å². The molecule has 0 atom stereocenters. The molecular formula is C16H17BrN2O6S. The summed E-state index contributed by atoms with van der Waals surface area (Å²) in [6.07, 6.45) is 1.17. The van der Waals surface area contributed by atoms with Crippen molar-refractivity contribution in [3.8, 4) is 23.0 Å². The molecule has 2 rings (SSSR count). The number of hydrogen-bond donors (Lipinski definition) is 2. The highest BCUT2D eigenvalue weighted by molar-refractivity contribution is 9.10. The fourth-order valence-corrected chi connectivity index (χ4v) is 3.31. The number of ether oxygens (including phenoxy) is 3. The average Bonchev–Trinajstić information content (AvgIpc) is 2.63. The molecule has 26 heavy (non-hydrogen) atoms. The van der Waals surface area contributed by atoms with Crippen LogP contribution in [0, 0.1) is 0 Å². The van der Waals surface area contributed by atoms with Gasteiger partial charge in [-0.3, -0.25) is 0 Å². The van der Waals surface area contributed by atoms with Gasteiger partial charge >= 0.3 is 0 Å². The van der Waals surface area contributed by atoms with E-state index >= 15 is 0 Å². The minimum absolute atomic E-state index is 0.0525. The van der Waals surface area contributed by atoms with Crippen LogP contribution in [0.25, 0.3) is 0 Å². The van der Waals surface area contributed by atoms with Crippen LogP contribution in [-0.4, -0.2) is 41.1 Å². The predicted octanol–water partition coefficient (Wildman–Crippen LogP) is 2.49. The van der Waals surface area contributed by atoms with Crippen molar-refractivity contribution in [2.45, 2.75) is 4.90 Å². The summed E-state index contributed by atoms with van der Waals surface area (Å²) in [4.78, 5) is 2.02. The quantitative estimate of drug-likeness (QED) is 0.501. The van der Waals surface area contributed by atoms with Crippen LogP contribution in [0.3, 0.4) is 0 Å². The molecule has 0 heterocycles. The lowest BCUT2D eigenvalue weighted by molar-refractivity contribution is 0.354. The Hall–Kier alpha value is -2.46. The first-order valence-electron chi connectivity index (χ1n) is 7.15. The maximum Gasteiger partial charge on any atom is 0.276 e. The Morgan fingerprint density at radius 1 is 1.04 bits per heavy atom. The Balaban J connectivity index is 2.26. The van der Waals surface area contributed by atoms with E-state index in [4.69, 9.17) is 14.2 Å². The second-order valence-corrected chi connectivity index (χ2v) is 7.49. The summed E-state index contributed by atoms with van der Waals surface area (Å²) in [6.45, 7) is 0. The van der Waals surface area contributed by atoms with Gasteiger partial charge in [-0.15, -0.1) is 0 Å². The lowest BCUT2D eigenvalue weighted by Crippen LogP contribution is -2.18. The Labute approximate surface area is 159 Å². The smallest absolute Gasteiger partial charge is 0.276 e. The van der Waals surface area contributed by atoms with Crippen LogP contribution in [0.15, 0.2) is 44.8 Å². The molecule has 2 aromatic rings. The third-order valence-corrected chi connectivity index (χ3v) is 5.01.